The molecule has 0 radical (unpaired) electrons. The van der Waals surface area contributed by atoms with Crippen molar-refractivity contribution in [2.75, 3.05) is 13.6 Å². The topological polar surface area (TPSA) is 32.3 Å². The highest BCUT2D eigenvalue weighted by atomic mass is 16.2. The summed E-state index contributed by atoms with van der Waals surface area (Å²) in [4.78, 5) is 13.1. The van der Waals surface area contributed by atoms with E-state index in [4.69, 9.17) is 0 Å². The van der Waals surface area contributed by atoms with Gasteiger partial charge in [-0.15, -0.1) is 0 Å². The predicted molar refractivity (Wildman–Crippen MR) is 44.5 cm³/mol. The molecule has 0 aromatic heterocycles. The van der Waals surface area contributed by atoms with Crippen molar-refractivity contribution in [3.8, 4) is 0 Å². The van der Waals surface area contributed by atoms with Gasteiger partial charge in [0.1, 0.15) is 0 Å². The molecule has 0 heterocycles. The number of rotatable bonds is 3. The molecule has 11 heavy (non-hydrogen) atoms. The van der Waals surface area contributed by atoms with Crippen LogP contribution in [0.4, 0.5) is 4.79 Å². The smallest absolute Gasteiger partial charge is 0.317 e. The maximum absolute atomic E-state index is 11.2. The molecule has 0 aromatic carbocycles. The lowest BCUT2D eigenvalue weighted by Gasteiger charge is -2.20. The van der Waals surface area contributed by atoms with Crippen molar-refractivity contribution in [3.05, 3.63) is 0 Å². The first-order valence-electron chi connectivity index (χ1n) is 4.28. The van der Waals surface area contributed by atoms with Crippen LogP contribution in [0.3, 0.4) is 0 Å². The largest absolute Gasteiger partial charge is 0.341 e. The molecule has 0 unspecified atom stereocenters. The van der Waals surface area contributed by atoms with Gasteiger partial charge in [-0.25, -0.2) is 4.79 Å². The van der Waals surface area contributed by atoms with E-state index in [0.29, 0.717) is 6.04 Å². The van der Waals surface area contributed by atoms with Gasteiger partial charge in [-0.2, -0.15) is 0 Å². The second-order valence-corrected chi connectivity index (χ2v) is 2.98. The average Bonchev–Trinajstić information content (AvgIpc) is 2.81. The molecule has 64 valence electrons. The predicted octanol–water partition coefficient (Wildman–Crippen LogP) is 1.20. The monoisotopic (exact) mass is 156 g/mol. The van der Waals surface area contributed by atoms with Gasteiger partial charge in [0.2, 0.25) is 0 Å². The number of amides is 2. The molecule has 1 N–H and O–H groups in total. The average molecular weight is 156 g/mol. The van der Waals surface area contributed by atoms with Gasteiger partial charge in [0, 0.05) is 19.6 Å². The quantitative estimate of drug-likeness (QED) is 0.654. The van der Waals surface area contributed by atoms with Gasteiger partial charge in [0.15, 0.2) is 0 Å². The molecule has 1 saturated carbocycles. The standard InChI is InChI=1S/C8H16N2O/c1-3-6-10(7-4-5-7)8(11)9-2/h7H,3-6H2,1-2H3,(H,9,11). The van der Waals surface area contributed by atoms with Crippen molar-refractivity contribution in [2.24, 2.45) is 0 Å². The first-order chi connectivity index (χ1) is 5.29. The van der Waals surface area contributed by atoms with Crippen LogP contribution in [0, 0.1) is 0 Å². The van der Waals surface area contributed by atoms with Crippen LogP contribution in [0.5, 0.6) is 0 Å². The van der Waals surface area contributed by atoms with Crippen LogP contribution < -0.4 is 5.32 Å². The zero-order chi connectivity index (χ0) is 8.27. The number of carbonyl (C=O) groups is 1. The second-order valence-electron chi connectivity index (χ2n) is 2.98. The van der Waals surface area contributed by atoms with Crippen molar-refractivity contribution in [1.29, 1.82) is 0 Å². The number of hydrogen-bond acceptors (Lipinski definition) is 1. The Labute approximate surface area is 67.8 Å². The third-order valence-corrected chi connectivity index (χ3v) is 1.93. The molecule has 0 bridgehead atoms. The Kier molecular flexibility index (Phi) is 2.74. The van der Waals surface area contributed by atoms with E-state index in [1.54, 1.807) is 7.05 Å². The molecule has 1 rings (SSSR count). The first kappa shape index (κ1) is 8.37. The molecule has 0 atom stereocenters. The molecular weight excluding hydrogens is 140 g/mol. The van der Waals surface area contributed by atoms with Crippen molar-refractivity contribution < 1.29 is 4.79 Å². The maximum Gasteiger partial charge on any atom is 0.317 e. The van der Waals surface area contributed by atoms with E-state index in [0.717, 1.165) is 13.0 Å². The minimum absolute atomic E-state index is 0.0781. The maximum atomic E-state index is 11.2. The summed E-state index contributed by atoms with van der Waals surface area (Å²) in [5.74, 6) is 0. The molecule has 1 aliphatic carbocycles. The van der Waals surface area contributed by atoms with Crippen molar-refractivity contribution >= 4 is 6.03 Å². The second kappa shape index (κ2) is 3.60. The Balaban J connectivity index is 2.37. The van der Waals surface area contributed by atoms with E-state index >= 15 is 0 Å². The van der Waals surface area contributed by atoms with E-state index in [9.17, 15) is 4.79 Å². The first-order valence-corrected chi connectivity index (χ1v) is 4.28. The molecule has 3 nitrogen and oxygen atoms in total. The van der Waals surface area contributed by atoms with Gasteiger partial charge in [0.05, 0.1) is 0 Å². The Morgan fingerprint density at radius 2 is 2.27 bits per heavy atom. The summed E-state index contributed by atoms with van der Waals surface area (Å²) >= 11 is 0. The van der Waals surface area contributed by atoms with E-state index in [1.807, 2.05) is 4.90 Å². The third kappa shape index (κ3) is 2.10. The van der Waals surface area contributed by atoms with Crippen molar-refractivity contribution in [2.45, 2.75) is 32.2 Å². The van der Waals surface area contributed by atoms with Crippen LogP contribution in [-0.2, 0) is 0 Å². The number of nitrogens with zero attached hydrogens (tertiary/aromatic N) is 1. The molecule has 2 amide bonds. The van der Waals surface area contributed by atoms with Gasteiger partial charge in [-0.3, -0.25) is 0 Å². The van der Waals surface area contributed by atoms with Crippen LogP contribution in [0.2, 0.25) is 0 Å². The lowest BCUT2D eigenvalue weighted by atomic mass is 10.4. The Morgan fingerprint density at radius 1 is 1.64 bits per heavy atom. The summed E-state index contributed by atoms with van der Waals surface area (Å²) in [5, 5.41) is 2.66. The lowest BCUT2D eigenvalue weighted by Crippen LogP contribution is -2.40. The highest BCUT2D eigenvalue weighted by molar-refractivity contribution is 5.74. The number of nitrogens with one attached hydrogen (secondary N) is 1. The Hall–Kier alpha value is -0.730. The molecule has 0 aromatic rings. The third-order valence-electron chi connectivity index (χ3n) is 1.93. The summed E-state index contributed by atoms with van der Waals surface area (Å²) in [6, 6.07) is 0.615. The minimum atomic E-state index is 0.0781. The van der Waals surface area contributed by atoms with Crippen LogP contribution in [-0.4, -0.2) is 30.6 Å². The van der Waals surface area contributed by atoms with Crippen LogP contribution >= 0.6 is 0 Å². The van der Waals surface area contributed by atoms with E-state index < -0.39 is 0 Å². The van der Waals surface area contributed by atoms with Crippen molar-refractivity contribution in [3.63, 3.8) is 0 Å². The zero-order valence-electron chi connectivity index (χ0n) is 7.26. The van der Waals surface area contributed by atoms with Gasteiger partial charge in [-0.05, 0) is 19.3 Å². The van der Waals surface area contributed by atoms with Gasteiger partial charge in [0.25, 0.3) is 0 Å². The van der Waals surface area contributed by atoms with Gasteiger partial charge < -0.3 is 10.2 Å². The molecule has 1 fully saturated rings. The normalized spacial score (nSPS) is 16.2. The number of hydrogen-bond donors (Lipinski definition) is 1. The van der Waals surface area contributed by atoms with E-state index in [2.05, 4.69) is 12.2 Å². The molecule has 1 aliphatic rings. The summed E-state index contributed by atoms with van der Waals surface area (Å²) in [6.45, 7) is 2.99. The molecule has 0 aliphatic heterocycles. The molecule has 0 saturated heterocycles. The fourth-order valence-electron chi connectivity index (χ4n) is 1.22. The SMILES string of the molecule is CCCN(C(=O)NC)C1CC1. The van der Waals surface area contributed by atoms with Crippen molar-refractivity contribution in [1.82, 2.24) is 10.2 Å². The minimum Gasteiger partial charge on any atom is -0.341 e. The zero-order valence-corrected chi connectivity index (χ0v) is 7.26. The van der Waals surface area contributed by atoms with E-state index in [1.165, 1.54) is 12.8 Å². The number of carbonyl (C=O) groups excluding carboxylic acids is 1. The lowest BCUT2D eigenvalue weighted by molar-refractivity contribution is 0.197. The molecular formula is C8H16N2O. The van der Waals surface area contributed by atoms with Crippen LogP contribution in [0.25, 0.3) is 0 Å². The van der Waals surface area contributed by atoms with E-state index in [-0.39, 0.29) is 6.03 Å². The fourth-order valence-corrected chi connectivity index (χ4v) is 1.22. The Morgan fingerprint density at radius 3 is 2.64 bits per heavy atom. The Bertz CT molecular complexity index is 143. The van der Waals surface area contributed by atoms with Crippen LogP contribution in [0.1, 0.15) is 26.2 Å². The molecule has 3 heteroatoms. The summed E-state index contributed by atoms with van der Waals surface area (Å²) in [5.41, 5.74) is 0. The van der Waals surface area contributed by atoms with Gasteiger partial charge in [-0.1, -0.05) is 6.92 Å². The van der Waals surface area contributed by atoms with Gasteiger partial charge >= 0.3 is 6.03 Å². The van der Waals surface area contributed by atoms with Crippen LogP contribution in [0.15, 0.2) is 0 Å². The molecule has 0 spiro atoms. The summed E-state index contributed by atoms with van der Waals surface area (Å²) < 4.78 is 0. The fraction of sp³-hybridized carbons (Fsp3) is 0.875. The number of urea groups is 1. The summed E-state index contributed by atoms with van der Waals surface area (Å²) in [6.07, 6.45) is 3.42. The summed E-state index contributed by atoms with van der Waals surface area (Å²) in [7, 11) is 1.69. The highest BCUT2D eigenvalue weighted by Gasteiger charge is 2.31. The highest BCUT2D eigenvalue weighted by Crippen LogP contribution is 2.26.